The lowest BCUT2D eigenvalue weighted by Gasteiger charge is -2.11. The summed E-state index contributed by atoms with van der Waals surface area (Å²) in [7, 11) is 1.55. The molecule has 0 fully saturated rings. The third kappa shape index (κ3) is 3.65. The Morgan fingerprint density at radius 2 is 1.95 bits per heavy atom. The fraction of sp³-hybridized carbons (Fsp3) is 0.0714. The van der Waals surface area contributed by atoms with Crippen LogP contribution < -0.4 is 15.8 Å². The number of halogens is 2. The number of nitrogen functional groups attached to an aromatic ring is 1. The summed E-state index contributed by atoms with van der Waals surface area (Å²) in [5, 5.41) is 2.78. The third-order valence-corrected chi connectivity index (χ3v) is 3.11. The first kappa shape index (κ1) is 16.3. The second-order valence-electron chi connectivity index (χ2n) is 3.89. The van der Waals surface area contributed by atoms with E-state index in [2.05, 4.69) is 21.2 Å². The minimum absolute atomic E-state index is 0. The standard InChI is InChI=1S/C14H13BrN2O2.ClH/c1-19-13-5-3-2-4-12(13)17-14(18)10-7-6-9(15)8-11(10)16;/h2-8H,16H2,1H3,(H,17,18);1H. The quantitative estimate of drug-likeness (QED) is 0.823. The van der Waals surface area contributed by atoms with Gasteiger partial charge >= 0.3 is 0 Å². The van der Waals surface area contributed by atoms with E-state index in [-0.39, 0.29) is 18.3 Å². The molecule has 0 aliphatic carbocycles. The summed E-state index contributed by atoms with van der Waals surface area (Å²) in [6.07, 6.45) is 0. The summed E-state index contributed by atoms with van der Waals surface area (Å²) in [6, 6.07) is 12.3. The molecule has 20 heavy (non-hydrogen) atoms. The molecular weight excluding hydrogens is 344 g/mol. The van der Waals surface area contributed by atoms with E-state index in [1.807, 2.05) is 12.1 Å². The molecule has 0 saturated heterocycles. The Labute approximate surface area is 131 Å². The monoisotopic (exact) mass is 356 g/mol. The van der Waals surface area contributed by atoms with Crippen molar-refractivity contribution in [3.63, 3.8) is 0 Å². The molecule has 0 radical (unpaired) electrons. The molecule has 4 nitrogen and oxygen atoms in total. The number of hydrogen-bond donors (Lipinski definition) is 2. The lowest BCUT2D eigenvalue weighted by atomic mass is 10.1. The number of methoxy groups -OCH3 is 1. The van der Waals surface area contributed by atoms with Crippen LogP contribution in [0.25, 0.3) is 0 Å². The highest BCUT2D eigenvalue weighted by atomic mass is 79.9. The molecule has 2 aromatic carbocycles. The summed E-state index contributed by atoms with van der Waals surface area (Å²) in [4.78, 5) is 12.2. The molecule has 0 aliphatic rings. The SMILES string of the molecule is COc1ccccc1NC(=O)c1ccc(Br)cc1N.Cl. The van der Waals surface area contributed by atoms with Crippen LogP contribution in [0.3, 0.4) is 0 Å². The van der Waals surface area contributed by atoms with E-state index >= 15 is 0 Å². The third-order valence-electron chi connectivity index (χ3n) is 2.61. The van der Waals surface area contributed by atoms with Crippen molar-refractivity contribution in [3.05, 3.63) is 52.5 Å². The summed E-state index contributed by atoms with van der Waals surface area (Å²) in [5.41, 5.74) is 7.28. The fourth-order valence-corrected chi connectivity index (χ4v) is 2.06. The van der Waals surface area contributed by atoms with Crippen molar-refractivity contribution < 1.29 is 9.53 Å². The molecule has 0 unspecified atom stereocenters. The normalized spacial score (nSPS) is 9.50. The lowest BCUT2D eigenvalue weighted by Crippen LogP contribution is -2.14. The Balaban J connectivity index is 0.00000200. The number of rotatable bonds is 3. The molecule has 0 bridgehead atoms. The minimum Gasteiger partial charge on any atom is -0.495 e. The van der Waals surface area contributed by atoms with Crippen LogP contribution >= 0.6 is 28.3 Å². The molecule has 6 heteroatoms. The Kier molecular flexibility index (Phi) is 5.85. The predicted octanol–water partition coefficient (Wildman–Crippen LogP) is 3.71. The van der Waals surface area contributed by atoms with Gasteiger partial charge in [-0.1, -0.05) is 28.1 Å². The Bertz CT molecular complexity index is 620. The molecule has 2 aromatic rings. The van der Waals surface area contributed by atoms with Crippen molar-refractivity contribution in [2.45, 2.75) is 0 Å². The zero-order valence-corrected chi connectivity index (χ0v) is 13.1. The average molecular weight is 358 g/mol. The van der Waals surface area contributed by atoms with Gasteiger partial charge in [0.05, 0.1) is 18.4 Å². The Morgan fingerprint density at radius 3 is 2.60 bits per heavy atom. The summed E-state index contributed by atoms with van der Waals surface area (Å²) in [6.45, 7) is 0. The van der Waals surface area contributed by atoms with E-state index in [0.29, 0.717) is 22.7 Å². The van der Waals surface area contributed by atoms with Gasteiger partial charge < -0.3 is 15.8 Å². The van der Waals surface area contributed by atoms with Crippen molar-refractivity contribution in [2.75, 3.05) is 18.2 Å². The molecule has 0 spiro atoms. The van der Waals surface area contributed by atoms with Crippen LogP contribution in [-0.4, -0.2) is 13.0 Å². The van der Waals surface area contributed by atoms with Crippen molar-refractivity contribution in [2.24, 2.45) is 0 Å². The minimum atomic E-state index is -0.269. The van der Waals surface area contributed by atoms with E-state index in [4.69, 9.17) is 10.5 Å². The van der Waals surface area contributed by atoms with Gasteiger partial charge in [-0.25, -0.2) is 0 Å². The number of benzene rings is 2. The first-order valence-electron chi connectivity index (χ1n) is 5.61. The average Bonchev–Trinajstić information content (AvgIpc) is 2.39. The van der Waals surface area contributed by atoms with Crippen LogP contribution in [0.15, 0.2) is 46.9 Å². The zero-order valence-electron chi connectivity index (χ0n) is 10.7. The lowest BCUT2D eigenvalue weighted by molar-refractivity contribution is 0.102. The number of carbonyl (C=O) groups excluding carboxylic acids is 1. The van der Waals surface area contributed by atoms with Gasteiger partial charge in [0.1, 0.15) is 5.75 Å². The number of anilines is 2. The van der Waals surface area contributed by atoms with Crippen LogP contribution in [0.5, 0.6) is 5.75 Å². The fourth-order valence-electron chi connectivity index (χ4n) is 1.68. The van der Waals surface area contributed by atoms with E-state index in [1.54, 1.807) is 37.4 Å². The second-order valence-corrected chi connectivity index (χ2v) is 4.80. The largest absolute Gasteiger partial charge is 0.495 e. The van der Waals surface area contributed by atoms with Gasteiger partial charge in [0.15, 0.2) is 0 Å². The number of para-hydroxylation sites is 2. The van der Waals surface area contributed by atoms with Gasteiger partial charge in [0.25, 0.3) is 5.91 Å². The zero-order chi connectivity index (χ0) is 13.8. The van der Waals surface area contributed by atoms with Crippen molar-refractivity contribution >= 4 is 45.6 Å². The molecule has 0 heterocycles. The topological polar surface area (TPSA) is 64.3 Å². The maximum Gasteiger partial charge on any atom is 0.257 e. The van der Waals surface area contributed by atoms with E-state index in [1.165, 1.54) is 0 Å². The number of nitrogens with one attached hydrogen (secondary N) is 1. The van der Waals surface area contributed by atoms with Crippen LogP contribution in [0.4, 0.5) is 11.4 Å². The molecular formula is C14H14BrClN2O2. The van der Waals surface area contributed by atoms with Crippen molar-refractivity contribution in [3.8, 4) is 5.75 Å². The molecule has 0 atom stereocenters. The van der Waals surface area contributed by atoms with Gasteiger partial charge in [-0.3, -0.25) is 4.79 Å². The highest BCUT2D eigenvalue weighted by Gasteiger charge is 2.12. The molecule has 3 N–H and O–H groups in total. The molecule has 0 saturated carbocycles. The van der Waals surface area contributed by atoms with E-state index in [9.17, 15) is 4.79 Å². The van der Waals surface area contributed by atoms with Crippen LogP contribution in [-0.2, 0) is 0 Å². The number of ether oxygens (including phenoxy) is 1. The maximum absolute atomic E-state index is 12.2. The van der Waals surface area contributed by atoms with Crippen LogP contribution in [0.2, 0.25) is 0 Å². The van der Waals surface area contributed by atoms with Gasteiger partial charge in [0.2, 0.25) is 0 Å². The second kappa shape index (κ2) is 7.17. The van der Waals surface area contributed by atoms with E-state index < -0.39 is 0 Å². The highest BCUT2D eigenvalue weighted by molar-refractivity contribution is 9.10. The Hall–Kier alpha value is -1.72. The molecule has 0 aliphatic heterocycles. The predicted molar refractivity (Wildman–Crippen MR) is 86.7 cm³/mol. The van der Waals surface area contributed by atoms with Gasteiger partial charge in [0, 0.05) is 10.2 Å². The number of carbonyl (C=O) groups is 1. The summed E-state index contributed by atoms with van der Waals surface area (Å²) in [5.74, 6) is 0.334. The van der Waals surface area contributed by atoms with Gasteiger partial charge in [-0.15, -0.1) is 12.4 Å². The number of nitrogens with two attached hydrogens (primary N) is 1. The molecule has 106 valence electrons. The molecule has 0 aromatic heterocycles. The van der Waals surface area contributed by atoms with Crippen molar-refractivity contribution in [1.29, 1.82) is 0 Å². The maximum atomic E-state index is 12.2. The van der Waals surface area contributed by atoms with Crippen molar-refractivity contribution in [1.82, 2.24) is 0 Å². The molecule has 1 amide bonds. The first-order valence-corrected chi connectivity index (χ1v) is 6.40. The van der Waals surface area contributed by atoms with Crippen LogP contribution in [0.1, 0.15) is 10.4 Å². The van der Waals surface area contributed by atoms with Crippen LogP contribution in [0, 0.1) is 0 Å². The van der Waals surface area contributed by atoms with E-state index in [0.717, 1.165) is 4.47 Å². The van der Waals surface area contributed by atoms with Gasteiger partial charge in [-0.05, 0) is 30.3 Å². The number of amides is 1. The Morgan fingerprint density at radius 1 is 1.25 bits per heavy atom. The molecule has 2 rings (SSSR count). The summed E-state index contributed by atoms with van der Waals surface area (Å²) < 4.78 is 6.01. The van der Waals surface area contributed by atoms with Gasteiger partial charge in [-0.2, -0.15) is 0 Å². The smallest absolute Gasteiger partial charge is 0.257 e. The summed E-state index contributed by atoms with van der Waals surface area (Å²) >= 11 is 3.30. The number of hydrogen-bond acceptors (Lipinski definition) is 3. The first-order chi connectivity index (χ1) is 9.11. The highest BCUT2D eigenvalue weighted by Crippen LogP contribution is 2.25.